The molecule has 33 heavy (non-hydrogen) atoms. The van der Waals surface area contributed by atoms with Crippen LogP contribution < -0.4 is 15.5 Å². The van der Waals surface area contributed by atoms with E-state index in [0.717, 1.165) is 36.8 Å². The Balaban J connectivity index is 1.61. The summed E-state index contributed by atoms with van der Waals surface area (Å²) in [5.41, 5.74) is 3.19. The van der Waals surface area contributed by atoms with Crippen molar-refractivity contribution >= 4 is 39.9 Å². The number of nitrogens with one attached hydrogen (secondary N) is 2. The van der Waals surface area contributed by atoms with Crippen molar-refractivity contribution in [2.75, 3.05) is 28.3 Å². The summed E-state index contributed by atoms with van der Waals surface area (Å²) in [5, 5.41) is 5.69. The number of carbonyl (C=O) groups excluding carboxylic acids is 3. The number of hydrogen-bond acceptors (Lipinski definition) is 4. The van der Waals surface area contributed by atoms with Gasteiger partial charge in [-0.3, -0.25) is 18.6 Å². The Morgan fingerprint density at radius 3 is 2.30 bits per heavy atom. The van der Waals surface area contributed by atoms with Gasteiger partial charge < -0.3 is 15.5 Å². The highest BCUT2D eigenvalue weighted by Gasteiger charge is 2.24. The van der Waals surface area contributed by atoms with Gasteiger partial charge in [-0.25, -0.2) is 0 Å². The summed E-state index contributed by atoms with van der Waals surface area (Å²) in [4.78, 5) is 39.3. The molecule has 1 fully saturated rings. The van der Waals surface area contributed by atoms with Gasteiger partial charge in [0.05, 0.1) is 0 Å². The lowest BCUT2D eigenvalue weighted by atomic mass is 10.2. The maximum atomic E-state index is 13.0. The van der Waals surface area contributed by atoms with Crippen LogP contribution >= 0.6 is 0 Å². The Kier molecular flexibility index (Phi) is 8.77. The molecule has 7 nitrogen and oxygen atoms in total. The van der Waals surface area contributed by atoms with Crippen LogP contribution in [0.15, 0.2) is 48.5 Å². The summed E-state index contributed by atoms with van der Waals surface area (Å²) in [6.45, 7) is 3.70. The van der Waals surface area contributed by atoms with E-state index in [9.17, 15) is 18.6 Å². The van der Waals surface area contributed by atoms with Crippen LogP contribution in [0.3, 0.4) is 0 Å². The number of carbonyl (C=O) groups is 3. The molecule has 0 radical (unpaired) electrons. The van der Waals surface area contributed by atoms with Gasteiger partial charge in [0, 0.05) is 28.2 Å². The number of aryl methyl sites for hydroxylation is 2. The first-order chi connectivity index (χ1) is 15.8. The van der Waals surface area contributed by atoms with Crippen LogP contribution in [0.4, 0.5) is 11.4 Å². The van der Waals surface area contributed by atoms with Crippen molar-refractivity contribution in [3.8, 4) is 0 Å². The SMILES string of the molecule is Cc1ccc(NC(=O)CS(=O)CC(=O)N(CC(=O)NC2CCCC2)c2cccc(C)c2)cc1. The van der Waals surface area contributed by atoms with Crippen LogP contribution in [0, 0.1) is 13.8 Å². The lowest BCUT2D eigenvalue weighted by molar-refractivity contribution is -0.123. The van der Waals surface area contributed by atoms with E-state index in [4.69, 9.17) is 0 Å². The minimum Gasteiger partial charge on any atom is -0.352 e. The third-order valence-corrected chi connectivity index (χ3v) is 6.70. The van der Waals surface area contributed by atoms with Gasteiger partial charge in [-0.1, -0.05) is 42.7 Å². The lowest BCUT2D eigenvalue weighted by Gasteiger charge is -2.24. The molecular weight excluding hydrogens is 438 g/mol. The molecule has 1 aliphatic rings. The van der Waals surface area contributed by atoms with Gasteiger partial charge >= 0.3 is 0 Å². The largest absolute Gasteiger partial charge is 0.352 e. The number of benzene rings is 2. The molecule has 3 rings (SSSR count). The second-order valence-corrected chi connectivity index (χ2v) is 9.97. The van der Waals surface area contributed by atoms with Gasteiger partial charge in [-0.2, -0.15) is 0 Å². The topological polar surface area (TPSA) is 95.6 Å². The van der Waals surface area contributed by atoms with Crippen molar-refractivity contribution in [3.63, 3.8) is 0 Å². The number of amides is 3. The monoisotopic (exact) mass is 469 g/mol. The molecule has 2 N–H and O–H groups in total. The first-order valence-corrected chi connectivity index (χ1v) is 12.7. The van der Waals surface area contributed by atoms with E-state index in [1.165, 1.54) is 4.90 Å². The second-order valence-electron chi connectivity index (χ2n) is 8.51. The fourth-order valence-electron chi connectivity index (χ4n) is 3.85. The maximum absolute atomic E-state index is 13.0. The predicted molar refractivity (Wildman–Crippen MR) is 132 cm³/mol. The van der Waals surface area contributed by atoms with Crippen molar-refractivity contribution < 1.29 is 18.6 Å². The zero-order chi connectivity index (χ0) is 23.8. The molecule has 1 aliphatic carbocycles. The summed E-state index contributed by atoms with van der Waals surface area (Å²) in [7, 11) is -1.71. The fraction of sp³-hybridized carbons (Fsp3) is 0.400. The van der Waals surface area contributed by atoms with E-state index in [2.05, 4.69) is 10.6 Å². The zero-order valence-electron chi connectivity index (χ0n) is 19.1. The van der Waals surface area contributed by atoms with Crippen LogP contribution in [0.25, 0.3) is 0 Å². The Bertz CT molecular complexity index is 1020. The Labute approximate surface area is 197 Å². The van der Waals surface area contributed by atoms with Crippen molar-refractivity contribution in [3.05, 3.63) is 59.7 Å². The molecule has 176 valence electrons. The molecular formula is C25H31N3O4S. The molecule has 2 aromatic carbocycles. The van der Waals surface area contributed by atoms with Crippen LogP contribution in [0.1, 0.15) is 36.8 Å². The van der Waals surface area contributed by atoms with Gasteiger partial charge in [0.25, 0.3) is 0 Å². The first kappa shape index (κ1) is 24.6. The van der Waals surface area contributed by atoms with Crippen molar-refractivity contribution in [2.24, 2.45) is 0 Å². The average Bonchev–Trinajstić information content (AvgIpc) is 3.26. The zero-order valence-corrected chi connectivity index (χ0v) is 20.0. The van der Waals surface area contributed by atoms with E-state index < -0.39 is 22.6 Å². The summed E-state index contributed by atoms with van der Waals surface area (Å²) < 4.78 is 12.6. The summed E-state index contributed by atoms with van der Waals surface area (Å²) >= 11 is 0. The molecule has 0 aliphatic heterocycles. The minimum absolute atomic E-state index is 0.145. The third-order valence-electron chi connectivity index (χ3n) is 5.55. The highest BCUT2D eigenvalue weighted by molar-refractivity contribution is 7.86. The van der Waals surface area contributed by atoms with E-state index in [1.807, 2.05) is 44.2 Å². The van der Waals surface area contributed by atoms with Gasteiger partial charge in [-0.15, -0.1) is 0 Å². The van der Waals surface area contributed by atoms with E-state index >= 15 is 0 Å². The summed E-state index contributed by atoms with van der Waals surface area (Å²) in [5.74, 6) is -1.75. The van der Waals surface area contributed by atoms with Gasteiger partial charge in [-0.05, 0) is 56.5 Å². The average molecular weight is 470 g/mol. The molecule has 8 heteroatoms. The van der Waals surface area contributed by atoms with E-state index in [0.29, 0.717) is 11.4 Å². The molecule has 0 aromatic heterocycles. The minimum atomic E-state index is -1.71. The number of rotatable bonds is 9. The fourth-order valence-corrected chi connectivity index (χ4v) is 4.75. The number of nitrogens with zero attached hydrogens (tertiary/aromatic N) is 1. The van der Waals surface area contributed by atoms with Crippen molar-refractivity contribution in [1.29, 1.82) is 0 Å². The molecule has 3 amide bonds. The van der Waals surface area contributed by atoms with Crippen molar-refractivity contribution in [2.45, 2.75) is 45.6 Å². The molecule has 0 bridgehead atoms. The second kappa shape index (κ2) is 11.7. The van der Waals surface area contributed by atoms with Crippen molar-refractivity contribution in [1.82, 2.24) is 5.32 Å². The number of hydrogen-bond donors (Lipinski definition) is 2. The van der Waals surface area contributed by atoms with Crippen LogP contribution in [0.2, 0.25) is 0 Å². The van der Waals surface area contributed by atoms with E-state index in [1.54, 1.807) is 18.2 Å². The molecule has 0 spiro atoms. The van der Waals surface area contributed by atoms with Gasteiger partial charge in [0.15, 0.2) is 0 Å². The van der Waals surface area contributed by atoms with Crippen LogP contribution in [-0.4, -0.2) is 46.0 Å². The van der Waals surface area contributed by atoms with E-state index in [-0.39, 0.29) is 30.0 Å². The number of anilines is 2. The highest BCUT2D eigenvalue weighted by Crippen LogP contribution is 2.19. The van der Waals surface area contributed by atoms with Crippen LogP contribution in [0.5, 0.6) is 0 Å². The Morgan fingerprint density at radius 2 is 1.64 bits per heavy atom. The Hall–Kier alpha value is -3.00. The van der Waals surface area contributed by atoms with Crippen LogP contribution in [-0.2, 0) is 25.2 Å². The maximum Gasteiger partial charge on any atom is 0.240 e. The molecule has 1 atom stereocenters. The molecule has 1 unspecified atom stereocenters. The lowest BCUT2D eigenvalue weighted by Crippen LogP contribution is -2.45. The first-order valence-electron chi connectivity index (χ1n) is 11.2. The molecule has 1 saturated carbocycles. The smallest absolute Gasteiger partial charge is 0.240 e. The standard InChI is InChI=1S/C25H31N3O4S/c1-18-10-12-21(13-11-18)27-24(30)16-33(32)17-25(31)28(22-9-5-6-19(2)14-22)15-23(29)26-20-7-3-4-8-20/h5-6,9-14,20H,3-4,7-8,15-17H2,1-2H3,(H,26,29)(H,27,30). The third kappa shape index (κ3) is 7.82. The summed E-state index contributed by atoms with van der Waals surface area (Å²) in [6, 6.07) is 14.7. The Morgan fingerprint density at radius 1 is 0.939 bits per heavy atom. The molecule has 0 heterocycles. The molecule has 2 aromatic rings. The molecule has 0 saturated heterocycles. The van der Waals surface area contributed by atoms with Gasteiger partial charge in [0.2, 0.25) is 17.7 Å². The normalized spacial score (nSPS) is 14.5. The summed E-state index contributed by atoms with van der Waals surface area (Å²) in [6.07, 6.45) is 4.08. The van der Waals surface area contributed by atoms with Gasteiger partial charge in [0.1, 0.15) is 18.1 Å². The highest BCUT2D eigenvalue weighted by atomic mass is 32.2. The predicted octanol–water partition coefficient (Wildman–Crippen LogP) is 3.08. The quantitative estimate of drug-likeness (QED) is 0.590.